The van der Waals surface area contributed by atoms with Gasteiger partial charge in [-0.2, -0.15) is 0 Å². The summed E-state index contributed by atoms with van der Waals surface area (Å²) in [7, 11) is 0. The Morgan fingerprint density at radius 2 is 2.42 bits per heavy atom. The van der Waals surface area contributed by atoms with Crippen molar-refractivity contribution < 1.29 is 9.59 Å². The molecule has 0 aromatic carbocycles. The third-order valence-corrected chi connectivity index (χ3v) is 2.06. The standard InChI is InChI=1S/C6H7N3O2S/c1-3-9-4(5(7)11)6(12-3)8-2-10/h2H,1H3,(H2,7,11)(H,8,10). The minimum Gasteiger partial charge on any atom is -0.364 e. The zero-order valence-electron chi connectivity index (χ0n) is 6.33. The summed E-state index contributed by atoms with van der Waals surface area (Å²) >= 11 is 1.21. The van der Waals surface area contributed by atoms with Crippen molar-refractivity contribution in [2.24, 2.45) is 5.73 Å². The number of primary amides is 1. The molecule has 0 fully saturated rings. The van der Waals surface area contributed by atoms with Gasteiger partial charge in [0.15, 0.2) is 5.69 Å². The number of carbonyl (C=O) groups is 2. The average Bonchev–Trinajstić information content (AvgIpc) is 2.32. The quantitative estimate of drug-likeness (QED) is 0.656. The highest BCUT2D eigenvalue weighted by Crippen LogP contribution is 2.22. The van der Waals surface area contributed by atoms with Gasteiger partial charge < -0.3 is 11.1 Å². The highest BCUT2D eigenvalue weighted by molar-refractivity contribution is 7.16. The number of nitrogens with zero attached hydrogens (tertiary/aromatic N) is 1. The summed E-state index contributed by atoms with van der Waals surface area (Å²) in [4.78, 5) is 24.6. The van der Waals surface area contributed by atoms with Crippen molar-refractivity contribution in [2.45, 2.75) is 6.92 Å². The number of amides is 2. The van der Waals surface area contributed by atoms with Gasteiger partial charge >= 0.3 is 0 Å². The van der Waals surface area contributed by atoms with Gasteiger partial charge in [0.1, 0.15) is 5.00 Å². The van der Waals surface area contributed by atoms with E-state index in [1.165, 1.54) is 11.3 Å². The molecule has 0 bridgehead atoms. The van der Waals surface area contributed by atoms with E-state index in [0.717, 1.165) is 0 Å². The fourth-order valence-electron chi connectivity index (χ4n) is 0.745. The summed E-state index contributed by atoms with van der Waals surface area (Å²) in [5.74, 6) is -0.635. The molecule has 0 unspecified atom stereocenters. The Morgan fingerprint density at radius 1 is 1.75 bits per heavy atom. The highest BCUT2D eigenvalue weighted by atomic mass is 32.1. The molecule has 0 saturated carbocycles. The second-order valence-electron chi connectivity index (χ2n) is 2.04. The van der Waals surface area contributed by atoms with Crippen molar-refractivity contribution in [2.75, 3.05) is 5.32 Å². The number of thiazole rings is 1. The average molecular weight is 185 g/mol. The molecule has 2 amide bonds. The molecule has 0 saturated heterocycles. The van der Waals surface area contributed by atoms with E-state index in [0.29, 0.717) is 16.4 Å². The number of nitrogens with one attached hydrogen (secondary N) is 1. The first-order valence-corrected chi connectivity index (χ1v) is 3.94. The van der Waals surface area contributed by atoms with Crippen molar-refractivity contribution in [1.82, 2.24) is 4.98 Å². The van der Waals surface area contributed by atoms with Crippen LogP contribution in [0.4, 0.5) is 5.00 Å². The third kappa shape index (κ3) is 1.59. The van der Waals surface area contributed by atoms with Crippen LogP contribution in [0.25, 0.3) is 0 Å². The topological polar surface area (TPSA) is 85.1 Å². The molecular weight excluding hydrogens is 178 g/mol. The highest BCUT2D eigenvalue weighted by Gasteiger charge is 2.12. The van der Waals surface area contributed by atoms with Gasteiger partial charge in [-0.1, -0.05) is 0 Å². The van der Waals surface area contributed by atoms with Gasteiger partial charge in [-0.15, -0.1) is 11.3 Å². The number of aromatic nitrogens is 1. The number of hydrogen-bond acceptors (Lipinski definition) is 4. The molecule has 6 heteroatoms. The third-order valence-electron chi connectivity index (χ3n) is 1.16. The van der Waals surface area contributed by atoms with Crippen LogP contribution in [0.15, 0.2) is 0 Å². The normalized spacial score (nSPS) is 9.42. The van der Waals surface area contributed by atoms with Crippen LogP contribution in [0.5, 0.6) is 0 Å². The van der Waals surface area contributed by atoms with Gasteiger partial charge in [0.2, 0.25) is 6.41 Å². The van der Waals surface area contributed by atoms with E-state index in [-0.39, 0.29) is 5.69 Å². The molecule has 0 radical (unpaired) electrons. The molecule has 0 atom stereocenters. The van der Waals surface area contributed by atoms with Crippen LogP contribution >= 0.6 is 11.3 Å². The first-order valence-electron chi connectivity index (χ1n) is 3.12. The Morgan fingerprint density at radius 3 is 2.92 bits per heavy atom. The van der Waals surface area contributed by atoms with Crippen molar-refractivity contribution in [3.63, 3.8) is 0 Å². The number of carbonyl (C=O) groups excluding carboxylic acids is 2. The summed E-state index contributed by atoms with van der Waals surface area (Å²) in [5, 5.41) is 3.44. The molecule has 0 aliphatic rings. The Hall–Kier alpha value is -1.43. The summed E-state index contributed by atoms with van der Waals surface area (Å²) in [6.45, 7) is 1.73. The number of aryl methyl sites for hydroxylation is 1. The minimum absolute atomic E-state index is 0.115. The summed E-state index contributed by atoms with van der Waals surface area (Å²) in [6.07, 6.45) is 0.486. The SMILES string of the molecule is Cc1nc(C(N)=O)c(NC=O)s1. The Kier molecular flexibility index (Phi) is 2.39. The second kappa shape index (κ2) is 3.31. The molecule has 0 spiro atoms. The molecule has 0 aliphatic carbocycles. The molecule has 1 rings (SSSR count). The first-order chi connectivity index (χ1) is 5.65. The number of nitrogens with two attached hydrogens (primary N) is 1. The second-order valence-corrected chi connectivity index (χ2v) is 3.24. The van der Waals surface area contributed by atoms with E-state index in [1.54, 1.807) is 6.92 Å². The van der Waals surface area contributed by atoms with Crippen LogP contribution in [0.2, 0.25) is 0 Å². The summed E-state index contributed by atoms with van der Waals surface area (Å²) in [5.41, 5.74) is 5.12. The maximum atomic E-state index is 10.7. The fraction of sp³-hybridized carbons (Fsp3) is 0.167. The van der Waals surface area contributed by atoms with E-state index >= 15 is 0 Å². The lowest BCUT2D eigenvalue weighted by atomic mass is 10.4. The van der Waals surface area contributed by atoms with E-state index in [4.69, 9.17) is 5.73 Å². The van der Waals surface area contributed by atoms with Gasteiger partial charge in [0, 0.05) is 0 Å². The first kappa shape index (κ1) is 8.66. The number of anilines is 1. The molecule has 1 aromatic heterocycles. The Labute approximate surface area is 72.6 Å². The molecule has 1 aromatic rings. The summed E-state index contributed by atoms with van der Waals surface area (Å²) < 4.78 is 0. The largest absolute Gasteiger partial charge is 0.364 e. The predicted molar refractivity (Wildman–Crippen MR) is 45.1 cm³/mol. The van der Waals surface area contributed by atoms with Crippen LogP contribution < -0.4 is 11.1 Å². The van der Waals surface area contributed by atoms with Gasteiger partial charge in [-0.3, -0.25) is 9.59 Å². The predicted octanol–water partition coefficient (Wildman–Crippen LogP) is 0.119. The van der Waals surface area contributed by atoms with E-state index in [9.17, 15) is 9.59 Å². The molecule has 3 N–H and O–H groups in total. The van der Waals surface area contributed by atoms with Gasteiger partial charge in [0.05, 0.1) is 5.01 Å². The van der Waals surface area contributed by atoms with Crippen molar-refractivity contribution in [3.05, 3.63) is 10.7 Å². The molecular formula is C6H7N3O2S. The Bertz CT molecular complexity index is 321. The van der Waals surface area contributed by atoms with Crippen LogP contribution in [0.1, 0.15) is 15.5 Å². The van der Waals surface area contributed by atoms with Crippen molar-refractivity contribution in [3.8, 4) is 0 Å². The lowest BCUT2D eigenvalue weighted by Gasteiger charge is -1.92. The molecule has 12 heavy (non-hydrogen) atoms. The van der Waals surface area contributed by atoms with Crippen LogP contribution in [-0.2, 0) is 4.79 Å². The van der Waals surface area contributed by atoms with Crippen LogP contribution in [-0.4, -0.2) is 17.3 Å². The number of rotatable bonds is 3. The Balaban J connectivity index is 3.07. The monoisotopic (exact) mass is 185 g/mol. The molecule has 5 nitrogen and oxygen atoms in total. The van der Waals surface area contributed by atoms with Gasteiger partial charge in [-0.25, -0.2) is 4.98 Å². The van der Waals surface area contributed by atoms with Crippen molar-refractivity contribution >= 4 is 28.7 Å². The van der Waals surface area contributed by atoms with Gasteiger partial charge in [-0.05, 0) is 6.92 Å². The van der Waals surface area contributed by atoms with Gasteiger partial charge in [0.25, 0.3) is 5.91 Å². The lowest BCUT2D eigenvalue weighted by molar-refractivity contribution is -0.105. The molecule has 64 valence electrons. The van der Waals surface area contributed by atoms with Crippen molar-refractivity contribution in [1.29, 1.82) is 0 Å². The zero-order valence-corrected chi connectivity index (χ0v) is 7.14. The maximum Gasteiger partial charge on any atom is 0.270 e. The summed E-state index contributed by atoms with van der Waals surface area (Å²) in [6, 6.07) is 0. The van der Waals surface area contributed by atoms with Crippen LogP contribution in [0, 0.1) is 6.92 Å². The van der Waals surface area contributed by atoms with E-state index < -0.39 is 5.91 Å². The van der Waals surface area contributed by atoms with E-state index in [1.807, 2.05) is 0 Å². The maximum absolute atomic E-state index is 10.7. The fourth-order valence-corrected chi connectivity index (χ4v) is 1.53. The number of hydrogen-bond donors (Lipinski definition) is 2. The minimum atomic E-state index is -0.635. The van der Waals surface area contributed by atoms with Crippen LogP contribution in [0.3, 0.4) is 0 Å². The van der Waals surface area contributed by atoms with E-state index in [2.05, 4.69) is 10.3 Å². The zero-order chi connectivity index (χ0) is 9.14. The lowest BCUT2D eigenvalue weighted by Crippen LogP contribution is -2.13. The molecule has 1 heterocycles. The smallest absolute Gasteiger partial charge is 0.270 e. The molecule has 0 aliphatic heterocycles.